The van der Waals surface area contributed by atoms with Crippen LogP contribution in [0.1, 0.15) is 68.1 Å². The summed E-state index contributed by atoms with van der Waals surface area (Å²) in [4.78, 5) is 35.4. The molecule has 0 radical (unpaired) electrons. The lowest BCUT2D eigenvalue weighted by atomic mass is 9.93. The van der Waals surface area contributed by atoms with Crippen molar-refractivity contribution in [2.24, 2.45) is 11.3 Å². The Morgan fingerprint density at radius 2 is 1.80 bits per heavy atom. The van der Waals surface area contributed by atoms with Crippen LogP contribution in [0.25, 0.3) is 0 Å². The van der Waals surface area contributed by atoms with Gasteiger partial charge < -0.3 is 10.2 Å². The highest BCUT2D eigenvalue weighted by Gasteiger charge is 2.45. The zero-order valence-corrected chi connectivity index (χ0v) is 15.0. The maximum atomic E-state index is 12.6. The largest absolute Gasteiger partial charge is 0.341 e. The van der Waals surface area contributed by atoms with Gasteiger partial charge in [0.15, 0.2) is 0 Å². The molecule has 134 valence electrons. The lowest BCUT2D eigenvalue weighted by Gasteiger charge is -2.33. The predicted molar refractivity (Wildman–Crippen MR) is 93.0 cm³/mol. The summed E-state index contributed by atoms with van der Waals surface area (Å²) in [7, 11) is 0. The van der Waals surface area contributed by atoms with Crippen LogP contribution in [0.4, 0.5) is 0 Å². The van der Waals surface area contributed by atoms with E-state index in [1.54, 1.807) is 19.3 Å². The molecule has 3 fully saturated rings. The maximum absolute atomic E-state index is 12.6. The first kappa shape index (κ1) is 16.5. The van der Waals surface area contributed by atoms with Gasteiger partial charge in [-0.2, -0.15) is 0 Å². The molecule has 1 aliphatic heterocycles. The fourth-order valence-electron chi connectivity index (χ4n) is 3.82. The van der Waals surface area contributed by atoms with Gasteiger partial charge in [-0.15, -0.1) is 0 Å². The topological polar surface area (TPSA) is 75.2 Å². The Morgan fingerprint density at radius 1 is 1.20 bits per heavy atom. The molecule has 2 amide bonds. The van der Waals surface area contributed by atoms with Gasteiger partial charge in [0.2, 0.25) is 5.91 Å². The standard InChI is InChI=1S/C19H26N4O2/c1-12-9-15(12)16-20-10-14(11-21-16)17(24)22-13(2)18(25)23-7-5-19(3-4-19)6-8-23/h10-13,15H,3-9H2,1-2H3,(H,22,24)/t12-,13+,15+/m0/s1. The van der Waals surface area contributed by atoms with Gasteiger partial charge >= 0.3 is 0 Å². The lowest BCUT2D eigenvalue weighted by Crippen LogP contribution is -2.49. The summed E-state index contributed by atoms with van der Waals surface area (Å²) in [5, 5.41) is 2.79. The van der Waals surface area contributed by atoms with E-state index in [1.807, 2.05) is 4.90 Å². The van der Waals surface area contributed by atoms with Gasteiger partial charge in [0.05, 0.1) is 5.56 Å². The highest BCUT2D eigenvalue weighted by atomic mass is 16.2. The number of aromatic nitrogens is 2. The normalized spacial score (nSPS) is 27.7. The van der Waals surface area contributed by atoms with Gasteiger partial charge in [-0.25, -0.2) is 9.97 Å². The number of carbonyl (C=O) groups is 2. The molecule has 2 aliphatic carbocycles. The zero-order chi connectivity index (χ0) is 17.6. The number of nitrogens with one attached hydrogen (secondary N) is 1. The summed E-state index contributed by atoms with van der Waals surface area (Å²) in [5.41, 5.74) is 0.953. The van der Waals surface area contributed by atoms with Crippen LogP contribution < -0.4 is 5.32 Å². The van der Waals surface area contributed by atoms with E-state index in [0.29, 0.717) is 22.8 Å². The van der Waals surface area contributed by atoms with E-state index in [0.717, 1.165) is 38.2 Å². The average Bonchev–Trinajstić information content (AvgIpc) is 3.54. The van der Waals surface area contributed by atoms with Gasteiger partial charge in [-0.1, -0.05) is 6.92 Å². The van der Waals surface area contributed by atoms with E-state index >= 15 is 0 Å². The number of hydrogen-bond donors (Lipinski definition) is 1. The fourth-order valence-corrected chi connectivity index (χ4v) is 3.82. The van der Waals surface area contributed by atoms with Crippen LogP contribution in [0.2, 0.25) is 0 Å². The minimum Gasteiger partial charge on any atom is -0.341 e. The highest BCUT2D eigenvalue weighted by Crippen LogP contribution is 2.53. The van der Waals surface area contributed by atoms with Crippen molar-refractivity contribution in [3.05, 3.63) is 23.8 Å². The first-order valence-corrected chi connectivity index (χ1v) is 9.39. The molecule has 25 heavy (non-hydrogen) atoms. The summed E-state index contributed by atoms with van der Waals surface area (Å²) in [6, 6.07) is -0.524. The number of nitrogens with zero attached hydrogens (tertiary/aromatic N) is 3. The molecule has 6 nitrogen and oxygen atoms in total. The molecule has 0 aromatic carbocycles. The molecule has 3 aliphatic rings. The Bertz CT molecular complexity index is 673. The van der Waals surface area contributed by atoms with Gasteiger partial charge in [-0.3, -0.25) is 9.59 Å². The molecule has 1 spiro atoms. The number of rotatable bonds is 4. The summed E-state index contributed by atoms with van der Waals surface area (Å²) in [5.74, 6) is 1.61. The van der Waals surface area contributed by atoms with E-state index < -0.39 is 6.04 Å². The molecule has 1 saturated heterocycles. The van der Waals surface area contributed by atoms with E-state index in [-0.39, 0.29) is 11.8 Å². The minimum atomic E-state index is -0.524. The monoisotopic (exact) mass is 342 g/mol. The minimum absolute atomic E-state index is 0.00759. The first-order valence-electron chi connectivity index (χ1n) is 9.39. The second-order valence-corrected chi connectivity index (χ2v) is 8.17. The third-order valence-corrected chi connectivity index (χ3v) is 6.19. The summed E-state index contributed by atoms with van der Waals surface area (Å²) in [6.07, 6.45) is 9.10. The van der Waals surface area contributed by atoms with Crippen molar-refractivity contribution in [3.63, 3.8) is 0 Å². The van der Waals surface area contributed by atoms with Crippen LogP contribution >= 0.6 is 0 Å². The second kappa shape index (κ2) is 6.07. The Hall–Kier alpha value is -1.98. The van der Waals surface area contributed by atoms with E-state index in [4.69, 9.17) is 0 Å². The highest BCUT2D eigenvalue weighted by molar-refractivity contribution is 5.97. The van der Waals surface area contributed by atoms with Crippen LogP contribution in [0.15, 0.2) is 12.4 Å². The Balaban J connectivity index is 1.31. The van der Waals surface area contributed by atoms with Crippen LogP contribution in [0, 0.1) is 11.3 Å². The van der Waals surface area contributed by atoms with Crippen molar-refractivity contribution < 1.29 is 9.59 Å². The molecule has 4 rings (SSSR count). The summed E-state index contributed by atoms with van der Waals surface area (Å²) in [6.45, 7) is 5.56. The van der Waals surface area contributed by atoms with E-state index in [2.05, 4.69) is 22.2 Å². The van der Waals surface area contributed by atoms with Crippen LogP contribution in [0.3, 0.4) is 0 Å². The Kier molecular flexibility index (Phi) is 4.01. The Morgan fingerprint density at radius 3 is 2.32 bits per heavy atom. The van der Waals surface area contributed by atoms with Gasteiger partial charge in [0, 0.05) is 31.4 Å². The maximum Gasteiger partial charge on any atom is 0.255 e. The molecule has 0 bridgehead atoms. The molecule has 2 heterocycles. The van der Waals surface area contributed by atoms with Crippen molar-refractivity contribution in [2.75, 3.05) is 13.1 Å². The van der Waals surface area contributed by atoms with Crippen molar-refractivity contribution >= 4 is 11.8 Å². The third-order valence-electron chi connectivity index (χ3n) is 6.19. The van der Waals surface area contributed by atoms with Gasteiger partial charge in [0.25, 0.3) is 5.91 Å². The van der Waals surface area contributed by atoms with Gasteiger partial charge in [0.1, 0.15) is 11.9 Å². The summed E-state index contributed by atoms with van der Waals surface area (Å²) >= 11 is 0. The number of amides is 2. The van der Waals surface area contributed by atoms with E-state index in [9.17, 15) is 9.59 Å². The molecule has 0 unspecified atom stereocenters. The molecule has 6 heteroatoms. The second-order valence-electron chi connectivity index (χ2n) is 8.17. The smallest absolute Gasteiger partial charge is 0.255 e. The molecule has 2 saturated carbocycles. The molecule has 1 N–H and O–H groups in total. The van der Waals surface area contributed by atoms with Crippen molar-refractivity contribution in [1.29, 1.82) is 0 Å². The third kappa shape index (κ3) is 3.39. The van der Waals surface area contributed by atoms with Crippen molar-refractivity contribution in [2.45, 2.75) is 57.9 Å². The molecule has 3 atom stereocenters. The number of piperidine rings is 1. The van der Waals surface area contributed by atoms with Crippen LogP contribution in [-0.4, -0.2) is 45.8 Å². The predicted octanol–water partition coefficient (Wildman–Crippen LogP) is 2.12. The van der Waals surface area contributed by atoms with Crippen LogP contribution in [-0.2, 0) is 4.79 Å². The van der Waals surface area contributed by atoms with Gasteiger partial charge in [-0.05, 0) is 50.4 Å². The number of likely N-dealkylation sites (tertiary alicyclic amines) is 1. The van der Waals surface area contributed by atoms with E-state index in [1.165, 1.54) is 12.8 Å². The quantitative estimate of drug-likeness (QED) is 0.909. The SMILES string of the molecule is C[C@@H](NC(=O)c1cnc([C@@H]2C[C@@H]2C)nc1)C(=O)N1CCC2(CC1)CC2. The lowest BCUT2D eigenvalue weighted by molar-refractivity contribution is -0.134. The fraction of sp³-hybridized carbons (Fsp3) is 0.684. The molecule has 1 aromatic rings. The summed E-state index contributed by atoms with van der Waals surface area (Å²) < 4.78 is 0. The molecular weight excluding hydrogens is 316 g/mol. The van der Waals surface area contributed by atoms with Crippen LogP contribution in [0.5, 0.6) is 0 Å². The average molecular weight is 342 g/mol. The first-order chi connectivity index (χ1) is 12.0. The zero-order valence-electron chi connectivity index (χ0n) is 15.0. The number of carbonyl (C=O) groups excluding carboxylic acids is 2. The van der Waals surface area contributed by atoms with Crippen molar-refractivity contribution in [1.82, 2.24) is 20.2 Å². The number of hydrogen-bond acceptors (Lipinski definition) is 4. The Labute approximate surface area is 148 Å². The molecular formula is C19H26N4O2. The van der Waals surface area contributed by atoms with Crippen molar-refractivity contribution in [3.8, 4) is 0 Å². The molecule has 1 aromatic heterocycles.